The van der Waals surface area contributed by atoms with Crippen LogP contribution < -0.4 is 0 Å². The number of carbonyl (C=O) groups is 1. The molecule has 0 unspecified atom stereocenters. The Balaban J connectivity index is 1.52. The molecule has 0 radical (unpaired) electrons. The zero-order valence-corrected chi connectivity index (χ0v) is 12.9. The Morgan fingerprint density at radius 2 is 2.29 bits per heavy atom. The Labute approximate surface area is 126 Å². The zero-order valence-electron chi connectivity index (χ0n) is 12.9. The Morgan fingerprint density at radius 1 is 1.38 bits per heavy atom. The summed E-state index contributed by atoms with van der Waals surface area (Å²) in [7, 11) is 2.22. The number of aryl methyl sites for hydroxylation is 1. The van der Waals surface area contributed by atoms with Crippen molar-refractivity contribution in [2.45, 2.75) is 44.6 Å². The van der Waals surface area contributed by atoms with Crippen LogP contribution in [0.15, 0.2) is 12.4 Å². The Morgan fingerprint density at radius 3 is 3.10 bits per heavy atom. The number of aromatic nitrogens is 2. The predicted molar refractivity (Wildman–Crippen MR) is 81.9 cm³/mol. The minimum atomic E-state index is 0.339. The molecule has 3 rings (SSSR count). The van der Waals surface area contributed by atoms with E-state index in [0.29, 0.717) is 24.3 Å². The fraction of sp³-hybridized carbons (Fsp3) is 0.750. The van der Waals surface area contributed by atoms with Crippen LogP contribution in [0, 0.1) is 5.92 Å². The molecule has 2 bridgehead atoms. The molecule has 21 heavy (non-hydrogen) atoms. The first kappa shape index (κ1) is 14.6. The van der Waals surface area contributed by atoms with Crippen molar-refractivity contribution in [3.8, 4) is 0 Å². The molecule has 3 heterocycles. The standard InChI is InChI=1S/C16H26N4O/c1-19-10-14-5-2-6-15(19)12-20(11-14)16(21)7-3-4-13-8-17-18-9-13/h8-9,14-15H,2-7,10-12H2,1H3,(H,17,18)/t14-,15-/m0/s1. The normalized spacial score (nSPS) is 26.6. The number of fused-ring (bicyclic) bond motifs is 3. The van der Waals surface area contributed by atoms with E-state index in [2.05, 4.69) is 27.0 Å². The van der Waals surface area contributed by atoms with Crippen molar-refractivity contribution in [2.24, 2.45) is 5.92 Å². The molecule has 5 heteroatoms. The van der Waals surface area contributed by atoms with Crippen molar-refractivity contribution in [1.29, 1.82) is 0 Å². The summed E-state index contributed by atoms with van der Waals surface area (Å²) in [5.41, 5.74) is 1.19. The predicted octanol–water partition coefficient (Wildman–Crippen LogP) is 1.68. The van der Waals surface area contributed by atoms with Gasteiger partial charge in [0, 0.05) is 38.3 Å². The van der Waals surface area contributed by atoms with Gasteiger partial charge < -0.3 is 9.80 Å². The van der Waals surface area contributed by atoms with Crippen LogP contribution in [0.5, 0.6) is 0 Å². The first-order valence-electron chi connectivity index (χ1n) is 8.18. The average Bonchev–Trinajstić information content (AvgIpc) is 2.82. The molecule has 0 aliphatic carbocycles. The van der Waals surface area contributed by atoms with Crippen molar-refractivity contribution in [2.75, 3.05) is 26.7 Å². The number of likely N-dealkylation sites (tertiary alicyclic amines) is 1. The number of nitrogens with zero attached hydrogens (tertiary/aromatic N) is 3. The highest BCUT2D eigenvalue weighted by molar-refractivity contribution is 5.76. The monoisotopic (exact) mass is 290 g/mol. The van der Waals surface area contributed by atoms with Gasteiger partial charge in [-0.1, -0.05) is 6.42 Å². The highest BCUT2D eigenvalue weighted by atomic mass is 16.2. The highest BCUT2D eigenvalue weighted by Gasteiger charge is 2.32. The summed E-state index contributed by atoms with van der Waals surface area (Å²) >= 11 is 0. The zero-order chi connectivity index (χ0) is 14.7. The highest BCUT2D eigenvalue weighted by Crippen LogP contribution is 2.26. The Kier molecular flexibility index (Phi) is 4.58. The van der Waals surface area contributed by atoms with Gasteiger partial charge in [0.25, 0.3) is 0 Å². The quantitative estimate of drug-likeness (QED) is 0.918. The number of H-pyrrole nitrogens is 1. The third kappa shape index (κ3) is 3.64. The number of amides is 1. The summed E-state index contributed by atoms with van der Waals surface area (Å²) in [5, 5.41) is 6.76. The van der Waals surface area contributed by atoms with Gasteiger partial charge in [-0.05, 0) is 44.2 Å². The van der Waals surface area contributed by atoms with Gasteiger partial charge in [-0.2, -0.15) is 5.10 Å². The number of rotatable bonds is 4. The van der Waals surface area contributed by atoms with Gasteiger partial charge in [-0.3, -0.25) is 9.89 Å². The molecular weight excluding hydrogens is 264 g/mol. The summed E-state index contributed by atoms with van der Waals surface area (Å²) < 4.78 is 0. The smallest absolute Gasteiger partial charge is 0.222 e. The molecule has 2 aliphatic heterocycles. The van der Waals surface area contributed by atoms with Crippen LogP contribution in [-0.2, 0) is 11.2 Å². The molecule has 1 amide bonds. The Hall–Kier alpha value is -1.36. The molecule has 116 valence electrons. The van der Waals surface area contributed by atoms with Gasteiger partial charge in [0.1, 0.15) is 0 Å². The van der Waals surface area contributed by atoms with Gasteiger partial charge in [0.15, 0.2) is 0 Å². The van der Waals surface area contributed by atoms with Gasteiger partial charge in [0.2, 0.25) is 5.91 Å². The maximum Gasteiger partial charge on any atom is 0.222 e. The maximum absolute atomic E-state index is 12.5. The lowest BCUT2D eigenvalue weighted by atomic mass is 9.99. The number of likely N-dealkylation sites (N-methyl/N-ethyl adjacent to an activating group) is 1. The first-order valence-corrected chi connectivity index (χ1v) is 8.18. The van der Waals surface area contributed by atoms with Crippen LogP contribution in [0.25, 0.3) is 0 Å². The molecule has 0 spiro atoms. The summed E-state index contributed by atoms with van der Waals surface area (Å²) in [6, 6.07) is 0.565. The van der Waals surface area contributed by atoms with E-state index in [9.17, 15) is 4.79 Å². The van der Waals surface area contributed by atoms with Crippen molar-refractivity contribution in [3.05, 3.63) is 18.0 Å². The summed E-state index contributed by atoms with van der Waals surface area (Å²) in [6.07, 6.45) is 10.1. The second-order valence-corrected chi connectivity index (χ2v) is 6.65. The summed E-state index contributed by atoms with van der Waals surface area (Å²) in [4.78, 5) is 17.1. The molecule has 1 aromatic heterocycles. The number of carbonyl (C=O) groups excluding carboxylic acids is 1. The molecule has 5 nitrogen and oxygen atoms in total. The first-order chi connectivity index (χ1) is 10.2. The molecule has 2 aliphatic rings. The lowest BCUT2D eigenvalue weighted by Crippen LogP contribution is -2.41. The second kappa shape index (κ2) is 6.60. The van der Waals surface area contributed by atoms with Crippen LogP contribution in [0.4, 0.5) is 0 Å². The van der Waals surface area contributed by atoms with Gasteiger partial charge in [-0.15, -0.1) is 0 Å². The van der Waals surface area contributed by atoms with Crippen molar-refractivity contribution in [1.82, 2.24) is 20.0 Å². The van der Waals surface area contributed by atoms with Crippen LogP contribution in [0.2, 0.25) is 0 Å². The summed E-state index contributed by atoms with van der Waals surface area (Å²) in [6.45, 7) is 3.05. The van der Waals surface area contributed by atoms with Crippen molar-refractivity contribution in [3.63, 3.8) is 0 Å². The summed E-state index contributed by atoms with van der Waals surface area (Å²) in [5.74, 6) is 1.01. The minimum absolute atomic E-state index is 0.339. The van der Waals surface area contributed by atoms with Crippen LogP contribution in [0.3, 0.4) is 0 Å². The van der Waals surface area contributed by atoms with Crippen LogP contribution in [0.1, 0.15) is 37.7 Å². The van der Waals surface area contributed by atoms with Gasteiger partial charge in [0.05, 0.1) is 6.20 Å². The molecule has 0 aromatic carbocycles. The van der Waals surface area contributed by atoms with Crippen LogP contribution in [-0.4, -0.2) is 58.6 Å². The Bertz CT molecular complexity index is 459. The molecule has 1 N–H and O–H groups in total. The fourth-order valence-electron chi connectivity index (χ4n) is 3.75. The number of hydrogen-bond acceptors (Lipinski definition) is 3. The van der Waals surface area contributed by atoms with E-state index in [1.54, 1.807) is 0 Å². The maximum atomic E-state index is 12.5. The molecule has 1 aromatic rings. The topological polar surface area (TPSA) is 52.2 Å². The molecule has 2 atom stereocenters. The van der Waals surface area contributed by atoms with Gasteiger partial charge >= 0.3 is 0 Å². The lowest BCUT2D eigenvalue weighted by molar-refractivity contribution is -0.132. The third-order valence-corrected chi connectivity index (χ3v) is 4.99. The average molecular weight is 290 g/mol. The number of hydrogen-bond donors (Lipinski definition) is 1. The molecule has 2 fully saturated rings. The van der Waals surface area contributed by atoms with Crippen LogP contribution >= 0.6 is 0 Å². The number of aromatic amines is 1. The second-order valence-electron chi connectivity index (χ2n) is 6.65. The minimum Gasteiger partial charge on any atom is -0.341 e. The molecule has 2 saturated heterocycles. The number of nitrogens with one attached hydrogen (secondary N) is 1. The SMILES string of the molecule is CN1C[C@@H]2CCC[C@H]1CN(C(=O)CCCc1cn[nH]c1)C2. The van der Waals surface area contributed by atoms with E-state index in [-0.39, 0.29) is 0 Å². The van der Waals surface area contributed by atoms with E-state index in [4.69, 9.17) is 0 Å². The van der Waals surface area contributed by atoms with Crippen molar-refractivity contribution < 1.29 is 4.79 Å². The van der Waals surface area contributed by atoms with E-state index in [0.717, 1.165) is 32.5 Å². The third-order valence-electron chi connectivity index (χ3n) is 4.99. The van der Waals surface area contributed by atoms with E-state index in [1.807, 2.05) is 12.4 Å². The molecular formula is C16H26N4O. The lowest BCUT2D eigenvalue weighted by Gasteiger charge is -2.30. The largest absolute Gasteiger partial charge is 0.341 e. The van der Waals surface area contributed by atoms with Crippen molar-refractivity contribution >= 4 is 5.91 Å². The van der Waals surface area contributed by atoms with Gasteiger partial charge in [-0.25, -0.2) is 0 Å². The van der Waals surface area contributed by atoms with E-state index < -0.39 is 0 Å². The fourth-order valence-corrected chi connectivity index (χ4v) is 3.75. The van der Waals surface area contributed by atoms with E-state index >= 15 is 0 Å². The molecule has 0 saturated carbocycles. The van der Waals surface area contributed by atoms with E-state index in [1.165, 1.54) is 24.8 Å².